The number of ether oxygens (including phenoxy) is 2. The van der Waals surface area contributed by atoms with Crippen LogP contribution in [0.2, 0.25) is 0 Å². The van der Waals surface area contributed by atoms with Crippen molar-refractivity contribution < 1.29 is 29.2 Å². The zero-order valence-corrected chi connectivity index (χ0v) is 17.4. The van der Waals surface area contributed by atoms with Crippen LogP contribution in [0, 0.1) is 0 Å². The molecule has 0 atom stereocenters. The third-order valence-electron chi connectivity index (χ3n) is 5.10. The largest absolute Gasteiger partial charge is 0.508 e. The Bertz CT molecular complexity index is 1270. The molecular formula is C24H23NO7. The van der Waals surface area contributed by atoms with Crippen molar-refractivity contribution >= 4 is 11.0 Å². The molecule has 4 rings (SSSR count). The standard InChI is InChI=1S/C24H23NO7/c1-30-24-21(29)17(11-14-7-8-25-13-14)22-20(23(24)31-10-2-9-26)18(28)12-19(32-22)15-3-5-16(27)6-4-15/h3-8,12-13,25-27,29H,2,9-11H2,1H3. The van der Waals surface area contributed by atoms with E-state index in [0.717, 1.165) is 5.56 Å². The Morgan fingerprint density at radius 2 is 1.88 bits per heavy atom. The van der Waals surface area contributed by atoms with Gasteiger partial charge in [-0.2, -0.15) is 0 Å². The molecule has 166 valence electrons. The Morgan fingerprint density at radius 3 is 2.53 bits per heavy atom. The van der Waals surface area contributed by atoms with Crippen molar-refractivity contribution in [2.24, 2.45) is 0 Å². The summed E-state index contributed by atoms with van der Waals surface area (Å²) < 4.78 is 17.3. The van der Waals surface area contributed by atoms with Crippen molar-refractivity contribution in [2.45, 2.75) is 12.8 Å². The minimum absolute atomic E-state index is 0.0330. The number of aromatic amines is 1. The molecule has 0 saturated heterocycles. The minimum atomic E-state index is -0.373. The van der Waals surface area contributed by atoms with Crippen molar-refractivity contribution in [2.75, 3.05) is 20.3 Å². The van der Waals surface area contributed by atoms with Gasteiger partial charge in [-0.05, 0) is 35.9 Å². The minimum Gasteiger partial charge on any atom is -0.508 e. The predicted octanol–water partition coefficient (Wildman–Crippen LogP) is 3.56. The van der Waals surface area contributed by atoms with Crippen LogP contribution in [0.1, 0.15) is 17.5 Å². The van der Waals surface area contributed by atoms with E-state index in [-0.39, 0.29) is 64.8 Å². The van der Waals surface area contributed by atoms with Crippen molar-refractivity contribution in [1.29, 1.82) is 0 Å². The average Bonchev–Trinajstić information content (AvgIpc) is 3.30. The highest BCUT2D eigenvalue weighted by Gasteiger charge is 2.26. The molecule has 0 bridgehead atoms. The van der Waals surface area contributed by atoms with Gasteiger partial charge >= 0.3 is 0 Å². The first-order valence-electron chi connectivity index (χ1n) is 10.1. The number of benzene rings is 2. The van der Waals surface area contributed by atoms with E-state index in [1.807, 2.05) is 6.07 Å². The Morgan fingerprint density at radius 1 is 1.09 bits per heavy atom. The van der Waals surface area contributed by atoms with Crippen LogP contribution in [0.3, 0.4) is 0 Å². The fourth-order valence-electron chi connectivity index (χ4n) is 3.56. The van der Waals surface area contributed by atoms with E-state index in [9.17, 15) is 15.0 Å². The van der Waals surface area contributed by atoms with Crippen LogP contribution in [0.5, 0.6) is 23.0 Å². The zero-order chi connectivity index (χ0) is 22.7. The van der Waals surface area contributed by atoms with E-state index in [2.05, 4.69) is 4.98 Å². The second kappa shape index (κ2) is 9.07. The number of phenolic OH excluding ortho intramolecular Hbond substituents is 2. The van der Waals surface area contributed by atoms with E-state index in [4.69, 9.17) is 19.0 Å². The van der Waals surface area contributed by atoms with Crippen molar-refractivity contribution in [3.63, 3.8) is 0 Å². The maximum atomic E-state index is 13.2. The molecule has 0 aliphatic rings. The Balaban J connectivity index is 2.00. The molecular weight excluding hydrogens is 414 g/mol. The first-order valence-corrected chi connectivity index (χ1v) is 10.1. The van der Waals surface area contributed by atoms with E-state index >= 15 is 0 Å². The average molecular weight is 437 g/mol. The number of hydrogen-bond donors (Lipinski definition) is 4. The summed E-state index contributed by atoms with van der Waals surface area (Å²) in [6, 6.07) is 9.44. The number of fused-ring (bicyclic) bond motifs is 1. The van der Waals surface area contributed by atoms with Crippen LogP contribution in [0.4, 0.5) is 0 Å². The van der Waals surface area contributed by atoms with Gasteiger partial charge in [0.15, 0.2) is 16.9 Å². The highest BCUT2D eigenvalue weighted by atomic mass is 16.5. The molecule has 0 aliphatic heterocycles. The summed E-state index contributed by atoms with van der Waals surface area (Å²) in [5.74, 6) is 0.282. The van der Waals surface area contributed by atoms with Gasteiger partial charge in [0.05, 0.1) is 13.7 Å². The van der Waals surface area contributed by atoms with Gasteiger partial charge in [-0.25, -0.2) is 0 Å². The molecule has 0 unspecified atom stereocenters. The Labute approximate surface area is 183 Å². The lowest BCUT2D eigenvalue weighted by Crippen LogP contribution is -2.09. The molecule has 0 fully saturated rings. The van der Waals surface area contributed by atoms with Crippen LogP contribution in [-0.2, 0) is 6.42 Å². The molecule has 8 heteroatoms. The zero-order valence-electron chi connectivity index (χ0n) is 17.4. The van der Waals surface area contributed by atoms with Crippen molar-refractivity contribution in [3.8, 4) is 34.3 Å². The number of nitrogens with one attached hydrogen (secondary N) is 1. The van der Waals surface area contributed by atoms with Gasteiger partial charge in [-0.15, -0.1) is 0 Å². The van der Waals surface area contributed by atoms with Crippen LogP contribution in [0.25, 0.3) is 22.3 Å². The number of H-pyrrole nitrogens is 1. The lowest BCUT2D eigenvalue weighted by Gasteiger charge is -2.18. The summed E-state index contributed by atoms with van der Waals surface area (Å²) in [7, 11) is 1.38. The van der Waals surface area contributed by atoms with Crippen molar-refractivity contribution in [1.82, 2.24) is 4.98 Å². The quantitative estimate of drug-likeness (QED) is 0.311. The monoisotopic (exact) mass is 437 g/mol. The summed E-state index contributed by atoms with van der Waals surface area (Å²) in [4.78, 5) is 16.2. The molecule has 8 nitrogen and oxygen atoms in total. The third kappa shape index (κ3) is 4.00. The lowest BCUT2D eigenvalue weighted by atomic mass is 10.0. The number of methoxy groups -OCH3 is 1. The molecule has 0 aliphatic carbocycles. The molecule has 0 radical (unpaired) electrons. The van der Waals surface area contributed by atoms with Gasteiger partial charge in [0, 0.05) is 49.0 Å². The fourth-order valence-corrected chi connectivity index (χ4v) is 3.56. The summed E-state index contributed by atoms with van der Waals surface area (Å²) >= 11 is 0. The number of phenols is 2. The lowest BCUT2D eigenvalue weighted by molar-refractivity contribution is 0.228. The first kappa shape index (κ1) is 21.3. The molecule has 0 saturated carbocycles. The van der Waals surface area contributed by atoms with Crippen LogP contribution in [-0.4, -0.2) is 40.6 Å². The maximum Gasteiger partial charge on any atom is 0.204 e. The van der Waals surface area contributed by atoms with Gasteiger partial charge in [0.25, 0.3) is 0 Å². The van der Waals surface area contributed by atoms with E-state index in [1.165, 1.54) is 25.3 Å². The summed E-state index contributed by atoms with van der Waals surface area (Å²) in [6.45, 7) is 0.0368. The third-order valence-corrected chi connectivity index (χ3v) is 5.10. The van der Waals surface area contributed by atoms with E-state index in [1.54, 1.807) is 24.5 Å². The number of aliphatic hydroxyl groups excluding tert-OH is 1. The highest BCUT2D eigenvalue weighted by Crippen LogP contribution is 2.46. The van der Waals surface area contributed by atoms with Crippen LogP contribution < -0.4 is 14.9 Å². The fraction of sp³-hybridized carbons (Fsp3) is 0.208. The van der Waals surface area contributed by atoms with Gasteiger partial charge in [0.2, 0.25) is 5.75 Å². The summed E-state index contributed by atoms with van der Waals surface area (Å²) in [6.07, 6.45) is 4.16. The molecule has 0 amide bonds. The summed E-state index contributed by atoms with van der Waals surface area (Å²) in [5.41, 5.74) is 1.65. The second-order valence-electron chi connectivity index (χ2n) is 7.24. The number of aliphatic hydroxyl groups is 1. The highest BCUT2D eigenvalue weighted by molar-refractivity contribution is 5.93. The molecule has 0 spiro atoms. The van der Waals surface area contributed by atoms with Crippen LogP contribution >= 0.6 is 0 Å². The molecule has 2 aromatic carbocycles. The van der Waals surface area contributed by atoms with Gasteiger partial charge in [-0.1, -0.05) is 0 Å². The number of aromatic nitrogens is 1. The van der Waals surface area contributed by atoms with Gasteiger partial charge in [0.1, 0.15) is 22.5 Å². The Hall–Kier alpha value is -3.91. The van der Waals surface area contributed by atoms with Gasteiger partial charge < -0.3 is 34.2 Å². The van der Waals surface area contributed by atoms with Crippen LogP contribution in [0.15, 0.2) is 58.0 Å². The molecule has 2 heterocycles. The predicted molar refractivity (Wildman–Crippen MR) is 119 cm³/mol. The topological polar surface area (TPSA) is 125 Å². The molecule has 2 aromatic heterocycles. The van der Waals surface area contributed by atoms with E-state index in [0.29, 0.717) is 17.5 Å². The molecule has 32 heavy (non-hydrogen) atoms. The normalized spacial score (nSPS) is 11.1. The number of hydrogen-bond acceptors (Lipinski definition) is 7. The maximum absolute atomic E-state index is 13.2. The smallest absolute Gasteiger partial charge is 0.204 e. The molecule has 4 aromatic rings. The van der Waals surface area contributed by atoms with E-state index < -0.39 is 0 Å². The number of rotatable bonds is 8. The summed E-state index contributed by atoms with van der Waals surface area (Å²) in [5, 5.41) is 29.9. The Kier molecular flexibility index (Phi) is 6.04. The SMILES string of the molecule is COc1c(O)c(Cc2cc[nH]c2)c2oc(-c3ccc(O)cc3)cc(=O)c2c1OCCCO. The van der Waals surface area contributed by atoms with Crippen molar-refractivity contribution in [3.05, 3.63) is 70.1 Å². The second-order valence-corrected chi connectivity index (χ2v) is 7.24. The number of aromatic hydroxyl groups is 2. The first-order chi connectivity index (χ1) is 15.5. The van der Waals surface area contributed by atoms with Gasteiger partial charge in [-0.3, -0.25) is 4.79 Å². The molecule has 4 N–H and O–H groups in total.